The van der Waals surface area contributed by atoms with Gasteiger partial charge in [-0.15, -0.1) is 24.0 Å². The van der Waals surface area contributed by atoms with E-state index in [-0.39, 0.29) is 24.0 Å². The van der Waals surface area contributed by atoms with Crippen molar-refractivity contribution in [3.05, 3.63) is 59.6 Å². The Bertz CT molecular complexity index is 947. The zero-order chi connectivity index (χ0) is 21.3. The van der Waals surface area contributed by atoms with Gasteiger partial charge in [-0.25, -0.2) is 9.98 Å². The van der Waals surface area contributed by atoms with E-state index in [1.807, 2.05) is 12.1 Å². The smallest absolute Gasteiger partial charge is 0.216 e. The second-order valence-electron chi connectivity index (χ2n) is 7.75. The number of halogens is 1. The van der Waals surface area contributed by atoms with Crippen molar-refractivity contribution < 1.29 is 4.42 Å². The minimum absolute atomic E-state index is 0. The molecule has 0 aliphatic carbocycles. The molecule has 1 aromatic carbocycles. The van der Waals surface area contributed by atoms with E-state index in [0.717, 1.165) is 24.9 Å². The van der Waals surface area contributed by atoms with Crippen molar-refractivity contribution >= 4 is 29.9 Å². The molecule has 0 saturated carbocycles. The normalized spacial score (nSPS) is 14.3. The number of hydrogen-bond donors (Lipinski definition) is 3. The monoisotopic (exact) mass is 549 g/mol. The average molecular weight is 549 g/mol. The maximum Gasteiger partial charge on any atom is 0.216 e. The lowest BCUT2D eigenvalue weighted by molar-refractivity contribution is 0.331. The fourth-order valence-electron chi connectivity index (χ4n) is 3.68. The van der Waals surface area contributed by atoms with Crippen molar-refractivity contribution in [3.8, 4) is 11.6 Å². The Morgan fingerprint density at radius 3 is 2.62 bits per heavy atom. The van der Waals surface area contributed by atoms with Gasteiger partial charge in [-0.2, -0.15) is 5.10 Å². The Morgan fingerprint density at radius 2 is 1.91 bits per heavy atom. The largest absolute Gasteiger partial charge is 0.461 e. The second kappa shape index (κ2) is 12.6. The van der Waals surface area contributed by atoms with Gasteiger partial charge in [0.25, 0.3) is 0 Å². The number of benzene rings is 1. The molecule has 0 amide bonds. The summed E-state index contributed by atoms with van der Waals surface area (Å²) >= 11 is 0. The highest BCUT2D eigenvalue weighted by Gasteiger charge is 2.11. The molecule has 2 aromatic heterocycles. The molecule has 3 N–H and O–H groups in total. The standard InChI is InChI=1S/C23H31N7O.HI/c1-2-24-23(25-12-11-21-27-22(29-28-21)20-6-5-15-31-20)26-16-18-7-9-19(10-8-18)17-30-13-3-4-14-30;/h5-10,15H,2-4,11-14,16-17H2,1H3,(H2,24,25,26)(H,27,28,29);1H. The summed E-state index contributed by atoms with van der Waals surface area (Å²) in [6, 6.07) is 12.5. The van der Waals surface area contributed by atoms with Crippen LogP contribution in [-0.4, -0.2) is 52.2 Å². The predicted molar refractivity (Wildman–Crippen MR) is 137 cm³/mol. The molecule has 0 unspecified atom stereocenters. The van der Waals surface area contributed by atoms with Gasteiger partial charge in [0.1, 0.15) is 5.82 Å². The van der Waals surface area contributed by atoms with Crippen LogP contribution in [0.4, 0.5) is 0 Å². The third kappa shape index (κ3) is 7.06. The minimum Gasteiger partial charge on any atom is -0.461 e. The van der Waals surface area contributed by atoms with Crippen LogP contribution in [0.2, 0.25) is 0 Å². The van der Waals surface area contributed by atoms with Crippen molar-refractivity contribution in [1.82, 2.24) is 30.7 Å². The third-order valence-corrected chi connectivity index (χ3v) is 5.32. The van der Waals surface area contributed by atoms with Gasteiger partial charge in [-0.3, -0.25) is 10.00 Å². The molecule has 0 atom stereocenters. The molecule has 0 radical (unpaired) electrons. The van der Waals surface area contributed by atoms with E-state index in [1.165, 1.54) is 37.1 Å². The van der Waals surface area contributed by atoms with E-state index in [9.17, 15) is 0 Å². The first-order valence-electron chi connectivity index (χ1n) is 11.1. The summed E-state index contributed by atoms with van der Waals surface area (Å²) in [5, 5.41) is 13.8. The van der Waals surface area contributed by atoms with Crippen LogP contribution in [0, 0.1) is 0 Å². The highest BCUT2D eigenvalue weighted by Crippen LogP contribution is 2.15. The Balaban J connectivity index is 0.00000289. The summed E-state index contributed by atoms with van der Waals surface area (Å²) in [5.74, 6) is 2.85. The molecule has 32 heavy (non-hydrogen) atoms. The van der Waals surface area contributed by atoms with Crippen molar-refractivity contribution in [2.75, 3.05) is 26.2 Å². The Hall–Kier alpha value is -2.40. The van der Waals surface area contributed by atoms with Crippen molar-refractivity contribution in [2.45, 2.75) is 39.3 Å². The number of hydrogen-bond acceptors (Lipinski definition) is 5. The number of likely N-dealkylation sites (tertiary alicyclic amines) is 1. The molecule has 8 nitrogen and oxygen atoms in total. The Labute approximate surface area is 206 Å². The zero-order valence-corrected chi connectivity index (χ0v) is 20.8. The Kier molecular flexibility index (Phi) is 9.54. The molecule has 4 rings (SSSR count). The highest BCUT2D eigenvalue weighted by atomic mass is 127. The first kappa shape index (κ1) is 24.2. The quantitative estimate of drug-likeness (QED) is 0.215. The van der Waals surface area contributed by atoms with Gasteiger partial charge in [-0.05, 0) is 56.1 Å². The molecule has 1 saturated heterocycles. The van der Waals surface area contributed by atoms with Gasteiger partial charge in [0.2, 0.25) is 5.82 Å². The molecule has 1 aliphatic heterocycles. The first-order valence-corrected chi connectivity index (χ1v) is 11.1. The van der Waals surface area contributed by atoms with Crippen molar-refractivity contribution in [2.24, 2.45) is 4.99 Å². The fraction of sp³-hybridized carbons (Fsp3) is 0.435. The number of nitrogens with zero attached hydrogens (tertiary/aromatic N) is 4. The predicted octanol–water partition coefficient (Wildman–Crippen LogP) is 3.58. The van der Waals surface area contributed by atoms with E-state index >= 15 is 0 Å². The fourth-order valence-corrected chi connectivity index (χ4v) is 3.68. The topological polar surface area (TPSA) is 94.4 Å². The molecular weight excluding hydrogens is 517 g/mol. The number of furan rings is 1. The molecule has 0 bridgehead atoms. The SMILES string of the molecule is CCNC(=NCc1ccc(CN2CCCC2)cc1)NCCc1nc(-c2ccco2)n[nH]1.I. The van der Waals surface area contributed by atoms with Crippen molar-refractivity contribution in [3.63, 3.8) is 0 Å². The number of aromatic nitrogens is 3. The number of guanidine groups is 1. The number of nitrogens with one attached hydrogen (secondary N) is 3. The number of aliphatic imine (C=N–C) groups is 1. The Morgan fingerprint density at radius 1 is 1.12 bits per heavy atom. The zero-order valence-electron chi connectivity index (χ0n) is 18.5. The van der Waals surface area contributed by atoms with E-state index in [2.05, 4.69) is 61.9 Å². The summed E-state index contributed by atoms with van der Waals surface area (Å²) < 4.78 is 5.33. The number of rotatable bonds is 9. The van der Waals surface area contributed by atoms with Gasteiger partial charge in [0, 0.05) is 26.1 Å². The number of H-pyrrole nitrogens is 1. The minimum atomic E-state index is 0. The first-order chi connectivity index (χ1) is 15.3. The summed E-state index contributed by atoms with van der Waals surface area (Å²) in [5.41, 5.74) is 2.58. The van der Waals surface area contributed by atoms with Gasteiger partial charge in [-0.1, -0.05) is 24.3 Å². The van der Waals surface area contributed by atoms with E-state index in [4.69, 9.17) is 9.41 Å². The van der Waals surface area contributed by atoms with E-state index < -0.39 is 0 Å². The number of aromatic amines is 1. The maximum atomic E-state index is 5.33. The highest BCUT2D eigenvalue weighted by molar-refractivity contribution is 14.0. The van der Waals surface area contributed by atoms with Crippen LogP contribution in [0.15, 0.2) is 52.1 Å². The van der Waals surface area contributed by atoms with E-state index in [0.29, 0.717) is 31.1 Å². The molecule has 0 spiro atoms. The second-order valence-corrected chi connectivity index (χ2v) is 7.75. The van der Waals surface area contributed by atoms with Crippen LogP contribution in [-0.2, 0) is 19.5 Å². The van der Waals surface area contributed by atoms with Gasteiger partial charge in [0.15, 0.2) is 11.7 Å². The van der Waals surface area contributed by atoms with Crippen LogP contribution in [0.25, 0.3) is 11.6 Å². The summed E-state index contributed by atoms with van der Waals surface area (Å²) in [6.07, 6.45) is 4.99. The third-order valence-electron chi connectivity index (χ3n) is 5.32. The van der Waals surface area contributed by atoms with Gasteiger partial charge in [0.05, 0.1) is 12.8 Å². The molecule has 3 heterocycles. The average Bonchev–Trinajstić information content (AvgIpc) is 3.55. The lowest BCUT2D eigenvalue weighted by Crippen LogP contribution is -2.38. The van der Waals surface area contributed by atoms with Crippen LogP contribution in [0.1, 0.15) is 36.7 Å². The van der Waals surface area contributed by atoms with Crippen molar-refractivity contribution in [1.29, 1.82) is 0 Å². The molecule has 172 valence electrons. The lowest BCUT2D eigenvalue weighted by Gasteiger charge is -2.14. The summed E-state index contributed by atoms with van der Waals surface area (Å²) in [7, 11) is 0. The van der Waals surface area contributed by atoms with E-state index in [1.54, 1.807) is 6.26 Å². The molecule has 1 aliphatic rings. The molecule has 9 heteroatoms. The van der Waals surface area contributed by atoms with Crippen LogP contribution in [0.3, 0.4) is 0 Å². The van der Waals surface area contributed by atoms with Gasteiger partial charge >= 0.3 is 0 Å². The summed E-state index contributed by atoms with van der Waals surface area (Å²) in [6.45, 7) is 7.72. The van der Waals surface area contributed by atoms with Crippen LogP contribution < -0.4 is 10.6 Å². The lowest BCUT2D eigenvalue weighted by atomic mass is 10.1. The van der Waals surface area contributed by atoms with Gasteiger partial charge < -0.3 is 15.1 Å². The molecule has 3 aromatic rings. The summed E-state index contributed by atoms with van der Waals surface area (Å²) in [4.78, 5) is 11.7. The van der Waals surface area contributed by atoms with Crippen LogP contribution >= 0.6 is 24.0 Å². The molecular formula is C23H32IN7O. The molecule has 1 fully saturated rings. The maximum absolute atomic E-state index is 5.33. The van der Waals surface area contributed by atoms with Crippen LogP contribution in [0.5, 0.6) is 0 Å².